The number of rotatable bonds is 11. The summed E-state index contributed by atoms with van der Waals surface area (Å²) in [5, 5.41) is 12.4. The van der Waals surface area contributed by atoms with Crippen LogP contribution in [0.25, 0.3) is 0 Å². The molecule has 0 heterocycles. The first-order chi connectivity index (χ1) is 10.1. The van der Waals surface area contributed by atoms with Gasteiger partial charge in [0.2, 0.25) is 0 Å². The van der Waals surface area contributed by atoms with Crippen LogP contribution in [-0.2, 0) is 4.79 Å². The third-order valence-corrected chi connectivity index (χ3v) is 4.05. The molecule has 21 heavy (non-hydrogen) atoms. The monoisotopic (exact) mass is 355 g/mol. The van der Waals surface area contributed by atoms with Crippen molar-refractivity contribution < 1.29 is 9.90 Å². The minimum atomic E-state index is -0.777. The summed E-state index contributed by atoms with van der Waals surface area (Å²) in [6.45, 7) is 2.21. The highest BCUT2D eigenvalue weighted by Crippen LogP contribution is 2.18. The maximum atomic E-state index is 11.3. The summed E-state index contributed by atoms with van der Waals surface area (Å²) in [7, 11) is 0. The second kappa shape index (κ2) is 10.7. The fraction of sp³-hybridized carbons (Fsp3) is 0.588. The fourth-order valence-corrected chi connectivity index (χ4v) is 2.74. The number of carbonyl (C=O) groups is 1. The van der Waals surface area contributed by atoms with Crippen molar-refractivity contribution in [1.29, 1.82) is 0 Å². The Morgan fingerprint density at radius 2 is 1.86 bits per heavy atom. The van der Waals surface area contributed by atoms with Gasteiger partial charge >= 0.3 is 5.97 Å². The molecular weight excluding hydrogens is 330 g/mol. The summed E-state index contributed by atoms with van der Waals surface area (Å²) in [6.07, 6.45) is 9.11. The van der Waals surface area contributed by atoms with Crippen LogP contribution in [0.3, 0.4) is 0 Å². The number of benzene rings is 1. The number of halogens is 1. The van der Waals surface area contributed by atoms with E-state index in [4.69, 9.17) is 0 Å². The van der Waals surface area contributed by atoms with Gasteiger partial charge in [0.15, 0.2) is 0 Å². The molecule has 0 saturated heterocycles. The Bertz CT molecular complexity index is 423. The Labute approximate surface area is 136 Å². The highest BCUT2D eigenvalue weighted by molar-refractivity contribution is 9.10. The zero-order valence-corrected chi connectivity index (χ0v) is 14.4. The van der Waals surface area contributed by atoms with Gasteiger partial charge in [-0.15, -0.1) is 0 Å². The third kappa shape index (κ3) is 8.10. The quantitative estimate of drug-likeness (QED) is 0.518. The normalized spacial score (nSPS) is 12.1. The maximum Gasteiger partial charge on any atom is 0.326 e. The van der Waals surface area contributed by atoms with E-state index in [0.717, 1.165) is 23.0 Å². The van der Waals surface area contributed by atoms with Crippen LogP contribution in [0, 0.1) is 0 Å². The first-order valence-electron chi connectivity index (χ1n) is 7.88. The minimum Gasteiger partial charge on any atom is -0.480 e. The Morgan fingerprint density at radius 3 is 2.48 bits per heavy atom. The molecule has 0 radical (unpaired) electrons. The lowest BCUT2D eigenvalue weighted by Crippen LogP contribution is -2.29. The van der Waals surface area contributed by atoms with Crippen LogP contribution in [0.15, 0.2) is 28.7 Å². The largest absolute Gasteiger partial charge is 0.480 e. The molecular formula is C17H26BrNO2. The summed E-state index contributed by atoms with van der Waals surface area (Å²) < 4.78 is 0.951. The molecule has 0 aliphatic rings. The minimum absolute atomic E-state index is 0.505. The van der Waals surface area contributed by atoms with Crippen LogP contribution in [0.1, 0.15) is 58.3 Å². The van der Waals surface area contributed by atoms with Crippen LogP contribution in [0.4, 0.5) is 5.69 Å². The fourth-order valence-electron chi connectivity index (χ4n) is 2.34. The van der Waals surface area contributed by atoms with Crippen molar-refractivity contribution in [2.24, 2.45) is 0 Å². The van der Waals surface area contributed by atoms with E-state index in [1.807, 2.05) is 24.3 Å². The maximum absolute atomic E-state index is 11.3. The molecule has 4 heteroatoms. The summed E-state index contributed by atoms with van der Waals surface area (Å²) in [5.41, 5.74) is 0.847. The van der Waals surface area contributed by atoms with E-state index < -0.39 is 12.0 Å². The van der Waals surface area contributed by atoms with Crippen LogP contribution in [0.2, 0.25) is 0 Å². The van der Waals surface area contributed by atoms with Crippen LogP contribution < -0.4 is 5.32 Å². The molecule has 0 fully saturated rings. The lowest BCUT2D eigenvalue weighted by molar-refractivity contribution is -0.138. The van der Waals surface area contributed by atoms with Gasteiger partial charge in [0.05, 0.1) is 0 Å². The van der Waals surface area contributed by atoms with Gasteiger partial charge in [-0.1, -0.05) is 73.9 Å². The molecule has 0 aliphatic heterocycles. The number of nitrogens with one attached hydrogen (secondary N) is 1. The van der Waals surface area contributed by atoms with Gasteiger partial charge in [0.1, 0.15) is 6.04 Å². The molecule has 1 rings (SSSR count). The van der Waals surface area contributed by atoms with Gasteiger partial charge in [-0.3, -0.25) is 0 Å². The van der Waals surface area contributed by atoms with E-state index in [0.29, 0.717) is 6.42 Å². The lowest BCUT2D eigenvalue weighted by Gasteiger charge is -2.16. The molecule has 0 bridgehead atoms. The molecule has 1 aromatic rings. The van der Waals surface area contributed by atoms with Crippen molar-refractivity contribution in [3.05, 3.63) is 28.7 Å². The first-order valence-corrected chi connectivity index (χ1v) is 8.67. The number of hydrogen-bond acceptors (Lipinski definition) is 2. The van der Waals surface area contributed by atoms with Gasteiger partial charge in [-0.05, 0) is 24.6 Å². The molecule has 1 aromatic carbocycles. The van der Waals surface area contributed by atoms with E-state index in [1.54, 1.807) is 0 Å². The number of aliphatic carboxylic acids is 1. The van der Waals surface area contributed by atoms with Crippen molar-refractivity contribution in [2.75, 3.05) is 5.32 Å². The molecule has 118 valence electrons. The predicted molar refractivity (Wildman–Crippen MR) is 91.8 cm³/mol. The molecule has 0 spiro atoms. The van der Waals surface area contributed by atoms with Crippen molar-refractivity contribution in [3.8, 4) is 0 Å². The van der Waals surface area contributed by atoms with Gasteiger partial charge in [-0.25, -0.2) is 4.79 Å². The average molecular weight is 356 g/mol. The second-order valence-electron chi connectivity index (χ2n) is 5.46. The topological polar surface area (TPSA) is 49.3 Å². The van der Waals surface area contributed by atoms with Crippen molar-refractivity contribution in [1.82, 2.24) is 0 Å². The molecule has 2 N–H and O–H groups in total. The third-order valence-electron chi connectivity index (χ3n) is 3.56. The van der Waals surface area contributed by atoms with Gasteiger partial charge < -0.3 is 10.4 Å². The van der Waals surface area contributed by atoms with Crippen molar-refractivity contribution >= 4 is 27.6 Å². The molecule has 3 nitrogen and oxygen atoms in total. The number of carboxylic acid groups (broad SMARTS) is 1. The number of unbranched alkanes of at least 4 members (excludes halogenated alkanes) is 6. The van der Waals surface area contributed by atoms with E-state index in [1.165, 1.54) is 32.1 Å². The number of hydrogen-bond donors (Lipinski definition) is 2. The van der Waals surface area contributed by atoms with Crippen LogP contribution in [0.5, 0.6) is 0 Å². The summed E-state index contributed by atoms with van der Waals surface area (Å²) >= 11 is 3.40. The Balaban J connectivity index is 2.29. The summed E-state index contributed by atoms with van der Waals surface area (Å²) in [5.74, 6) is -0.777. The Morgan fingerprint density at radius 1 is 1.19 bits per heavy atom. The molecule has 1 unspecified atom stereocenters. The van der Waals surface area contributed by atoms with Crippen molar-refractivity contribution in [3.63, 3.8) is 0 Å². The van der Waals surface area contributed by atoms with Gasteiger partial charge in [0.25, 0.3) is 0 Å². The summed E-state index contributed by atoms with van der Waals surface area (Å²) in [6, 6.07) is 7.12. The van der Waals surface area contributed by atoms with Gasteiger partial charge in [-0.2, -0.15) is 0 Å². The molecule has 0 saturated carbocycles. The number of anilines is 1. The zero-order valence-electron chi connectivity index (χ0n) is 12.8. The smallest absolute Gasteiger partial charge is 0.326 e. The lowest BCUT2D eigenvalue weighted by atomic mass is 10.0. The Hall–Kier alpha value is -1.03. The Kier molecular flexibility index (Phi) is 9.15. The van der Waals surface area contributed by atoms with E-state index in [-0.39, 0.29) is 0 Å². The van der Waals surface area contributed by atoms with Gasteiger partial charge in [0, 0.05) is 10.2 Å². The van der Waals surface area contributed by atoms with Crippen LogP contribution >= 0.6 is 15.9 Å². The zero-order chi connectivity index (χ0) is 15.5. The molecule has 0 aromatic heterocycles. The molecule has 1 atom stereocenters. The standard InChI is InChI=1S/C17H26BrNO2/c1-2-3-4-5-6-7-8-12-16(17(20)21)19-15-11-9-10-14(18)13-15/h9-11,13,16,19H,2-8,12H2,1H3,(H,20,21). The van der Waals surface area contributed by atoms with E-state index >= 15 is 0 Å². The predicted octanol–water partition coefficient (Wildman–Crippen LogP) is 5.45. The number of carboxylic acids is 1. The van der Waals surface area contributed by atoms with Crippen molar-refractivity contribution in [2.45, 2.75) is 64.3 Å². The summed E-state index contributed by atoms with van der Waals surface area (Å²) in [4.78, 5) is 11.3. The van der Waals surface area contributed by atoms with Crippen LogP contribution in [-0.4, -0.2) is 17.1 Å². The molecule has 0 aliphatic carbocycles. The SMILES string of the molecule is CCCCCCCCCC(Nc1cccc(Br)c1)C(=O)O. The van der Waals surface area contributed by atoms with E-state index in [2.05, 4.69) is 28.2 Å². The highest BCUT2D eigenvalue weighted by Gasteiger charge is 2.16. The molecule has 0 amide bonds. The average Bonchev–Trinajstić information content (AvgIpc) is 2.45. The highest BCUT2D eigenvalue weighted by atomic mass is 79.9. The first kappa shape index (κ1) is 18.0. The second-order valence-corrected chi connectivity index (χ2v) is 6.37. The van der Waals surface area contributed by atoms with E-state index in [9.17, 15) is 9.90 Å².